The second-order valence-electron chi connectivity index (χ2n) is 8.70. The van der Waals surface area contributed by atoms with E-state index in [-0.39, 0.29) is 23.7 Å². The van der Waals surface area contributed by atoms with E-state index in [0.717, 1.165) is 18.2 Å². The van der Waals surface area contributed by atoms with Crippen molar-refractivity contribution in [3.05, 3.63) is 89.7 Å². The summed E-state index contributed by atoms with van der Waals surface area (Å²) in [5.41, 5.74) is 1.72. The van der Waals surface area contributed by atoms with Crippen molar-refractivity contribution in [3.63, 3.8) is 0 Å². The van der Waals surface area contributed by atoms with Crippen molar-refractivity contribution in [2.75, 3.05) is 37.0 Å². The van der Waals surface area contributed by atoms with Gasteiger partial charge < -0.3 is 24.2 Å². The zero-order valence-electron chi connectivity index (χ0n) is 20.7. The molecule has 8 nitrogen and oxygen atoms in total. The zero-order chi connectivity index (χ0) is 26.4. The lowest BCUT2D eigenvalue weighted by atomic mass is 10.1. The second kappa shape index (κ2) is 11.6. The van der Waals surface area contributed by atoms with Gasteiger partial charge in [-0.2, -0.15) is 0 Å². The maximum atomic E-state index is 14.7. The minimum Gasteiger partial charge on any atom is -0.465 e. The average Bonchev–Trinajstić information content (AvgIpc) is 3.43. The minimum atomic E-state index is -0.636. The van der Waals surface area contributed by atoms with E-state index in [1.54, 1.807) is 41.3 Å². The van der Waals surface area contributed by atoms with Gasteiger partial charge in [0.1, 0.15) is 11.6 Å². The van der Waals surface area contributed by atoms with E-state index in [1.807, 2.05) is 30.1 Å². The lowest BCUT2D eigenvalue weighted by Gasteiger charge is -2.31. The van der Waals surface area contributed by atoms with Crippen molar-refractivity contribution in [3.8, 4) is 5.75 Å². The van der Waals surface area contributed by atoms with Gasteiger partial charge in [-0.15, -0.1) is 0 Å². The molecule has 1 atom stereocenters. The Bertz CT molecular complexity index is 1270. The molecule has 0 N–H and O–H groups in total. The van der Waals surface area contributed by atoms with Crippen molar-refractivity contribution in [1.29, 1.82) is 0 Å². The van der Waals surface area contributed by atoms with Crippen LogP contribution in [-0.4, -0.2) is 56.7 Å². The van der Waals surface area contributed by atoms with Gasteiger partial charge in [-0.1, -0.05) is 36.4 Å². The first kappa shape index (κ1) is 25.7. The standard InChI is InChI=1S/C28H28FN3O5/c1-30(22-14-15-31(18-22)28(35)37-23-8-4-3-5-9-23)25-10-6-7-11-26(25)32(19-33)17-21-13-12-20(16-24(21)29)27(34)36-2/h3-13,16,19,22H,14-15,17-18H2,1-2H3. The van der Waals surface area contributed by atoms with Crippen LogP contribution in [0.25, 0.3) is 0 Å². The molecule has 0 radical (unpaired) electrons. The monoisotopic (exact) mass is 505 g/mol. The van der Waals surface area contributed by atoms with Crippen molar-refractivity contribution in [2.24, 2.45) is 0 Å². The van der Waals surface area contributed by atoms with Gasteiger partial charge in [0.15, 0.2) is 0 Å². The van der Waals surface area contributed by atoms with Crippen LogP contribution in [0.15, 0.2) is 72.8 Å². The Labute approximate surface area is 214 Å². The van der Waals surface area contributed by atoms with E-state index in [1.165, 1.54) is 24.1 Å². The third kappa shape index (κ3) is 5.88. The Balaban J connectivity index is 1.48. The smallest absolute Gasteiger partial charge is 0.415 e. The third-order valence-electron chi connectivity index (χ3n) is 6.43. The van der Waals surface area contributed by atoms with Crippen LogP contribution >= 0.6 is 0 Å². The van der Waals surface area contributed by atoms with Gasteiger partial charge in [-0.25, -0.2) is 14.0 Å². The number of esters is 1. The zero-order valence-corrected chi connectivity index (χ0v) is 20.7. The summed E-state index contributed by atoms with van der Waals surface area (Å²) in [5.74, 6) is -0.755. The molecule has 0 aliphatic carbocycles. The second-order valence-corrected chi connectivity index (χ2v) is 8.70. The number of nitrogens with zero attached hydrogens (tertiary/aromatic N) is 3. The number of benzene rings is 3. The van der Waals surface area contributed by atoms with Crippen LogP contribution in [0.1, 0.15) is 22.3 Å². The highest BCUT2D eigenvalue weighted by molar-refractivity contribution is 5.89. The summed E-state index contributed by atoms with van der Waals surface area (Å²) < 4.78 is 24.8. The Morgan fingerprint density at radius 2 is 1.76 bits per heavy atom. The van der Waals surface area contributed by atoms with Crippen molar-refractivity contribution < 1.29 is 28.2 Å². The van der Waals surface area contributed by atoms with Crippen molar-refractivity contribution >= 4 is 29.8 Å². The molecule has 0 saturated carbocycles. The molecule has 0 aromatic heterocycles. The molecule has 9 heteroatoms. The van der Waals surface area contributed by atoms with Gasteiger partial charge in [-0.3, -0.25) is 4.79 Å². The van der Waals surface area contributed by atoms with Crippen LogP contribution in [0.5, 0.6) is 5.75 Å². The van der Waals surface area contributed by atoms with Crippen LogP contribution in [-0.2, 0) is 16.1 Å². The number of likely N-dealkylation sites (N-methyl/N-ethyl adjacent to an activating group) is 1. The predicted molar refractivity (Wildman–Crippen MR) is 137 cm³/mol. The fourth-order valence-corrected chi connectivity index (χ4v) is 4.36. The van der Waals surface area contributed by atoms with Crippen molar-refractivity contribution in [2.45, 2.75) is 19.0 Å². The number of methoxy groups -OCH3 is 1. The molecule has 0 bridgehead atoms. The minimum absolute atomic E-state index is 0.00551. The highest BCUT2D eigenvalue weighted by atomic mass is 19.1. The molecule has 0 spiro atoms. The number of carbonyl (C=O) groups excluding carboxylic acids is 3. The molecular formula is C28H28FN3O5. The lowest BCUT2D eigenvalue weighted by Crippen LogP contribution is -2.38. The number of hydrogen-bond acceptors (Lipinski definition) is 6. The Kier molecular flexibility index (Phi) is 8.02. The maximum Gasteiger partial charge on any atom is 0.415 e. The van der Waals surface area contributed by atoms with Gasteiger partial charge in [0.25, 0.3) is 0 Å². The molecule has 4 rings (SSSR count). The lowest BCUT2D eigenvalue weighted by molar-refractivity contribution is -0.107. The van der Waals surface area contributed by atoms with Gasteiger partial charge in [0.2, 0.25) is 6.41 Å². The molecule has 3 aromatic rings. The Hall–Kier alpha value is -4.40. The molecule has 1 unspecified atom stereocenters. The third-order valence-corrected chi connectivity index (χ3v) is 6.43. The van der Waals surface area contributed by atoms with Crippen LogP contribution in [0, 0.1) is 5.82 Å². The Morgan fingerprint density at radius 3 is 2.43 bits per heavy atom. The summed E-state index contributed by atoms with van der Waals surface area (Å²) in [5, 5.41) is 0. The first-order chi connectivity index (χ1) is 17.9. The van der Waals surface area contributed by atoms with Gasteiger partial charge in [0, 0.05) is 31.7 Å². The topological polar surface area (TPSA) is 79.4 Å². The quantitative estimate of drug-likeness (QED) is 0.332. The largest absolute Gasteiger partial charge is 0.465 e. The van der Waals surface area contributed by atoms with E-state index in [9.17, 15) is 18.8 Å². The first-order valence-electron chi connectivity index (χ1n) is 11.8. The fraction of sp³-hybridized carbons (Fsp3) is 0.250. The Morgan fingerprint density at radius 1 is 1.05 bits per heavy atom. The van der Waals surface area contributed by atoms with E-state index >= 15 is 0 Å². The first-order valence-corrected chi connectivity index (χ1v) is 11.8. The number of anilines is 2. The molecule has 192 valence electrons. The fourth-order valence-electron chi connectivity index (χ4n) is 4.36. The van der Waals surface area contributed by atoms with E-state index in [2.05, 4.69) is 4.74 Å². The normalized spacial score (nSPS) is 14.7. The average molecular weight is 506 g/mol. The maximum absolute atomic E-state index is 14.7. The number of carbonyl (C=O) groups is 3. The highest BCUT2D eigenvalue weighted by Crippen LogP contribution is 2.32. The molecule has 3 aromatic carbocycles. The summed E-state index contributed by atoms with van der Waals surface area (Å²) in [6.45, 7) is 0.973. The van der Waals surface area contributed by atoms with E-state index < -0.39 is 17.9 Å². The highest BCUT2D eigenvalue weighted by Gasteiger charge is 2.31. The van der Waals surface area contributed by atoms with Crippen molar-refractivity contribution in [1.82, 2.24) is 4.90 Å². The summed E-state index contributed by atoms with van der Waals surface area (Å²) in [6.07, 6.45) is 0.966. The molecule has 1 fully saturated rings. The van der Waals surface area contributed by atoms with E-state index in [4.69, 9.17) is 4.74 Å². The van der Waals surface area contributed by atoms with Gasteiger partial charge in [-0.05, 0) is 42.8 Å². The summed E-state index contributed by atoms with van der Waals surface area (Å²) in [7, 11) is 3.13. The number of hydrogen-bond donors (Lipinski definition) is 0. The van der Waals surface area contributed by atoms with Crippen LogP contribution < -0.4 is 14.5 Å². The molecule has 1 aliphatic rings. The summed E-state index contributed by atoms with van der Waals surface area (Å²) in [6, 6.07) is 20.3. The van der Waals surface area contributed by atoms with Gasteiger partial charge >= 0.3 is 12.1 Å². The number of amides is 2. The van der Waals surface area contributed by atoms with Gasteiger partial charge in [0.05, 0.1) is 30.6 Å². The number of rotatable bonds is 8. The van der Waals surface area contributed by atoms with E-state index in [0.29, 0.717) is 30.9 Å². The molecule has 1 saturated heterocycles. The van der Waals surface area contributed by atoms with Crippen LogP contribution in [0.4, 0.5) is 20.6 Å². The number of ether oxygens (including phenoxy) is 2. The molecule has 2 amide bonds. The number of likely N-dealkylation sites (tertiary alicyclic amines) is 1. The summed E-state index contributed by atoms with van der Waals surface area (Å²) in [4.78, 5) is 41.5. The molecule has 37 heavy (non-hydrogen) atoms. The van der Waals surface area contributed by atoms with Crippen LogP contribution in [0.3, 0.4) is 0 Å². The SMILES string of the molecule is COC(=O)c1ccc(CN(C=O)c2ccccc2N(C)C2CCN(C(=O)Oc3ccccc3)C2)c(F)c1. The van der Waals surface area contributed by atoms with Crippen LogP contribution in [0.2, 0.25) is 0 Å². The molecule has 1 aliphatic heterocycles. The molecular weight excluding hydrogens is 477 g/mol. The number of halogens is 1. The molecule has 1 heterocycles. The predicted octanol–water partition coefficient (Wildman–Crippen LogP) is 4.48. The number of para-hydroxylation sites is 3. The summed E-state index contributed by atoms with van der Waals surface area (Å²) >= 11 is 0.